The molecule has 2 heterocycles. The van der Waals surface area contributed by atoms with Gasteiger partial charge in [-0.05, 0) is 57.2 Å². The number of aromatic nitrogens is 2. The van der Waals surface area contributed by atoms with Gasteiger partial charge in [-0.15, -0.1) is 11.3 Å². The monoisotopic (exact) mass is 436 g/mol. The van der Waals surface area contributed by atoms with Gasteiger partial charge in [0.25, 0.3) is 10.0 Å². The SMILES string of the molecule is CC1=Cc2ccc(NS(=O)(=O)c3c(Cl)nc4sccn34)cc2C1CCN(C)C. The molecule has 6 nitrogen and oxygen atoms in total. The second kappa shape index (κ2) is 7.18. The van der Waals surface area contributed by atoms with Crippen molar-refractivity contribution in [3.63, 3.8) is 0 Å². The minimum absolute atomic E-state index is 0.0260. The standard InChI is InChI=1S/C19H21ClN4O2S2/c1-12-10-13-4-5-14(11-16(13)15(12)6-7-23(2)3)22-28(25,26)18-17(20)21-19-24(18)8-9-27-19/h4-5,8-11,15,22H,6-7H2,1-3H3. The van der Waals surface area contributed by atoms with Crippen molar-refractivity contribution in [2.24, 2.45) is 0 Å². The van der Waals surface area contributed by atoms with E-state index in [1.165, 1.54) is 21.3 Å². The quantitative estimate of drug-likeness (QED) is 0.625. The van der Waals surface area contributed by atoms with Crippen LogP contribution in [-0.4, -0.2) is 43.3 Å². The summed E-state index contributed by atoms with van der Waals surface area (Å²) >= 11 is 7.44. The van der Waals surface area contributed by atoms with Crippen molar-refractivity contribution >= 4 is 49.7 Å². The van der Waals surface area contributed by atoms with E-state index in [1.807, 2.05) is 12.1 Å². The Hall–Kier alpha value is -1.87. The Bertz CT molecular complexity index is 1180. The van der Waals surface area contributed by atoms with Crippen molar-refractivity contribution in [1.29, 1.82) is 0 Å². The molecule has 0 spiro atoms. The van der Waals surface area contributed by atoms with Crippen LogP contribution < -0.4 is 4.72 Å². The summed E-state index contributed by atoms with van der Waals surface area (Å²) in [7, 11) is 0.240. The largest absolute Gasteiger partial charge is 0.309 e. The summed E-state index contributed by atoms with van der Waals surface area (Å²) < 4.78 is 30.1. The van der Waals surface area contributed by atoms with Crippen LogP contribution in [0.4, 0.5) is 5.69 Å². The third kappa shape index (κ3) is 3.45. The third-order valence-corrected chi connectivity index (χ3v) is 7.48. The molecule has 0 aliphatic heterocycles. The summed E-state index contributed by atoms with van der Waals surface area (Å²) in [4.78, 5) is 6.82. The van der Waals surface area contributed by atoms with Crippen LogP contribution in [-0.2, 0) is 10.0 Å². The first-order chi connectivity index (χ1) is 13.3. The molecule has 3 aromatic rings. The van der Waals surface area contributed by atoms with Gasteiger partial charge in [0.1, 0.15) is 0 Å². The highest BCUT2D eigenvalue weighted by Gasteiger charge is 2.27. The second-order valence-electron chi connectivity index (χ2n) is 7.25. The van der Waals surface area contributed by atoms with Crippen molar-refractivity contribution < 1.29 is 8.42 Å². The van der Waals surface area contributed by atoms with Crippen LogP contribution in [0.5, 0.6) is 0 Å². The Morgan fingerprint density at radius 2 is 2.14 bits per heavy atom. The molecule has 2 aromatic heterocycles. The normalized spacial score (nSPS) is 16.6. The highest BCUT2D eigenvalue weighted by Crippen LogP contribution is 2.40. The van der Waals surface area contributed by atoms with Crippen LogP contribution in [0.1, 0.15) is 30.4 Å². The first-order valence-electron chi connectivity index (χ1n) is 8.87. The first-order valence-corrected chi connectivity index (χ1v) is 11.6. The molecule has 1 N–H and O–H groups in total. The van der Waals surface area contributed by atoms with Crippen molar-refractivity contribution in [2.45, 2.75) is 24.3 Å². The van der Waals surface area contributed by atoms with Crippen LogP contribution in [0, 0.1) is 0 Å². The van der Waals surface area contributed by atoms with E-state index < -0.39 is 10.0 Å². The molecule has 0 bridgehead atoms. The van der Waals surface area contributed by atoms with E-state index in [9.17, 15) is 8.42 Å². The molecule has 1 unspecified atom stereocenters. The molecular weight excluding hydrogens is 416 g/mol. The topological polar surface area (TPSA) is 66.7 Å². The molecule has 1 aromatic carbocycles. The van der Waals surface area contributed by atoms with E-state index in [4.69, 9.17) is 11.6 Å². The van der Waals surface area contributed by atoms with Gasteiger partial charge >= 0.3 is 0 Å². The molecule has 1 aliphatic carbocycles. The van der Waals surface area contributed by atoms with Crippen LogP contribution in [0.25, 0.3) is 11.0 Å². The molecule has 1 aliphatic rings. The van der Waals surface area contributed by atoms with E-state index in [0.29, 0.717) is 16.6 Å². The first kappa shape index (κ1) is 19.4. The molecule has 0 radical (unpaired) electrons. The average molecular weight is 437 g/mol. The maximum absolute atomic E-state index is 13.0. The van der Waals surface area contributed by atoms with Gasteiger partial charge in [0, 0.05) is 23.2 Å². The molecule has 1 atom stereocenters. The fourth-order valence-electron chi connectivity index (χ4n) is 3.62. The van der Waals surface area contributed by atoms with Crippen LogP contribution in [0.15, 0.2) is 40.4 Å². The lowest BCUT2D eigenvalue weighted by Crippen LogP contribution is -2.17. The van der Waals surface area contributed by atoms with Crippen LogP contribution >= 0.6 is 22.9 Å². The summed E-state index contributed by atoms with van der Waals surface area (Å²) in [5.41, 5.74) is 4.13. The molecule has 9 heteroatoms. The number of imidazole rings is 1. The summed E-state index contributed by atoms with van der Waals surface area (Å²) in [6.45, 7) is 3.09. The maximum Gasteiger partial charge on any atom is 0.281 e. The minimum atomic E-state index is -3.87. The Kier molecular flexibility index (Phi) is 4.99. The Morgan fingerprint density at radius 1 is 1.36 bits per heavy atom. The number of halogens is 1. The number of allylic oxidation sites excluding steroid dienone is 1. The van der Waals surface area contributed by atoms with E-state index in [0.717, 1.165) is 24.1 Å². The smallest absolute Gasteiger partial charge is 0.281 e. The van der Waals surface area contributed by atoms with Crippen molar-refractivity contribution in [3.05, 3.63) is 51.6 Å². The van der Waals surface area contributed by atoms with E-state index >= 15 is 0 Å². The number of sulfonamides is 1. The summed E-state index contributed by atoms with van der Waals surface area (Å²) in [5, 5.41) is 1.71. The van der Waals surface area contributed by atoms with Gasteiger partial charge in [0.05, 0.1) is 0 Å². The minimum Gasteiger partial charge on any atom is -0.309 e. The number of nitrogens with zero attached hydrogens (tertiary/aromatic N) is 3. The molecule has 0 amide bonds. The Labute approximate surface area is 173 Å². The van der Waals surface area contributed by atoms with Gasteiger partial charge in [0.15, 0.2) is 15.1 Å². The lowest BCUT2D eigenvalue weighted by Gasteiger charge is -2.18. The summed E-state index contributed by atoms with van der Waals surface area (Å²) in [6, 6.07) is 5.68. The highest BCUT2D eigenvalue weighted by molar-refractivity contribution is 7.92. The van der Waals surface area contributed by atoms with Gasteiger partial charge in [-0.1, -0.05) is 29.3 Å². The van der Waals surface area contributed by atoms with Gasteiger partial charge in [-0.3, -0.25) is 9.12 Å². The van der Waals surface area contributed by atoms with Gasteiger partial charge in [-0.2, -0.15) is 8.42 Å². The third-order valence-electron chi connectivity index (χ3n) is 4.95. The fourth-order valence-corrected chi connectivity index (χ4v) is 6.12. The number of hydrogen-bond acceptors (Lipinski definition) is 5. The van der Waals surface area contributed by atoms with E-state index in [1.54, 1.807) is 17.6 Å². The fraction of sp³-hybridized carbons (Fsp3) is 0.316. The highest BCUT2D eigenvalue weighted by atomic mass is 35.5. The Balaban J connectivity index is 1.65. The van der Waals surface area contributed by atoms with Crippen molar-refractivity contribution in [3.8, 4) is 0 Å². The predicted octanol–water partition coefficient (Wildman–Crippen LogP) is 4.30. The molecule has 4 rings (SSSR count). The predicted molar refractivity (Wildman–Crippen MR) is 115 cm³/mol. The molecular formula is C19H21ClN4O2S2. The number of hydrogen-bond donors (Lipinski definition) is 1. The number of benzene rings is 1. The average Bonchev–Trinajstić information content (AvgIpc) is 3.24. The molecule has 148 valence electrons. The number of fused-ring (bicyclic) bond motifs is 2. The summed E-state index contributed by atoms with van der Waals surface area (Å²) in [5.74, 6) is 0.295. The Morgan fingerprint density at radius 3 is 2.89 bits per heavy atom. The lowest BCUT2D eigenvalue weighted by atomic mass is 9.93. The molecule has 0 saturated carbocycles. The zero-order chi connectivity index (χ0) is 20.1. The number of rotatable bonds is 6. The van der Waals surface area contributed by atoms with Crippen molar-refractivity contribution in [2.75, 3.05) is 25.4 Å². The zero-order valence-electron chi connectivity index (χ0n) is 15.8. The number of anilines is 1. The molecule has 0 saturated heterocycles. The van der Waals surface area contributed by atoms with E-state index in [2.05, 4.69) is 41.7 Å². The maximum atomic E-state index is 13.0. The van der Waals surface area contributed by atoms with Gasteiger partial charge in [-0.25, -0.2) is 4.98 Å². The number of thiazole rings is 1. The van der Waals surface area contributed by atoms with Crippen LogP contribution in [0.3, 0.4) is 0 Å². The van der Waals surface area contributed by atoms with Crippen LogP contribution in [0.2, 0.25) is 5.15 Å². The molecule has 0 fully saturated rings. The van der Waals surface area contributed by atoms with Gasteiger partial charge in [0.2, 0.25) is 0 Å². The number of nitrogens with one attached hydrogen (secondary N) is 1. The summed E-state index contributed by atoms with van der Waals surface area (Å²) in [6.07, 6.45) is 4.82. The van der Waals surface area contributed by atoms with Gasteiger partial charge < -0.3 is 4.90 Å². The molecule has 28 heavy (non-hydrogen) atoms. The van der Waals surface area contributed by atoms with Crippen molar-refractivity contribution in [1.82, 2.24) is 14.3 Å². The zero-order valence-corrected chi connectivity index (χ0v) is 18.2. The lowest BCUT2D eigenvalue weighted by molar-refractivity contribution is 0.390. The second-order valence-corrected chi connectivity index (χ2v) is 10.1. The van der Waals surface area contributed by atoms with E-state index in [-0.39, 0.29) is 10.2 Å².